The molecule has 0 spiro atoms. The summed E-state index contributed by atoms with van der Waals surface area (Å²) in [6, 6.07) is 13.7. The van der Waals surface area contributed by atoms with E-state index in [9.17, 15) is 22.8 Å². The number of nitrogens with zero attached hydrogens (tertiary/aromatic N) is 2. The molecule has 0 bridgehead atoms. The van der Waals surface area contributed by atoms with E-state index in [4.69, 9.17) is 0 Å². The third-order valence-electron chi connectivity index (χ3n) is 4.61. The molecule has 0 saturated carbocycles. The fourth-order valence-corrected chi connectivity index (χ4v) is 3.27. The normalized spacial score (nSPS) is 17.3. The van der Waals surface area contributed by atoms with Crippen LogP contribution in [0, 0.1) is 5.92 Å². The Morgan fingerprint density at radius 2 is 1.85 bits per heavy atom. The van der Waals surface area contributed by atoms with Crippen LogP contribution in [0.5, 0.6) is 0 Å². The van der Waals surface area contributed by atoms with Crippen molar-refractivity contribution < 1.29 is 22.8 Å². The Kier molecular flexibility index (Phi) is 5.21. The maximum absolute atomic E-state index is 12.9. The Morgan fingerprint density at radius 3 is 2.48 bits per heavy atom. The Morgan fingerprint density at radius 1 is 1.15 bits per heavy atom. The molecule has 2 aromatic rings. The van der Waals surface area contributed by atoms with Crippen molar-refractivity contribution >= 4 is 23.2 Å². The number of rotatable bonds is 4. The lowest BCUT2D eigenvalue weighted by atomic mass is 10.1. The Bertz CT molecular complexity index is 837. The van der Waals surface area contributed by atoms with Gasteiger partial charge >= 0.3 is 6.18 Å². The minimum Gasteiger partial charge on any atom is -0.312 e. The Hall–Kier alpha value is -2.83. The first kappa shape index (κ1) is 18.9. The number of halogens is 3. The van der Waals surface area contributed by atoms with Crippen molar-refractivity contribution in [2.75, 3.05) is 22.9 Å². The van der Waals surface area contributed by atoms with Crippen molar-refractivity contribution in [3.05, 3.63) is 60.2 Å². The average Bonchev–Trinajstić information content (AvgIpc) is 3.04. The molecular weight excluding hydrogens is 357 g/mol. The van der Waals surface area contributed by atoms with E-state index in [-0.39, 0.29) is 30.5 Å². The molecule has 0 radical (unpaired) electrons. The largest absolute Gasteiger partial charge is 0.416 e. The third kappa shape index (κ3) is 3.97. The fraction of sp³-hybridized carbons (Fsp3) is 0.300. The van der Waals surface area contributed by atoms with E-state index in [0.29, 0.717) is 6.54 Å². The van der Waals surface area contributed by atoms with E-state index in [1.54, 1.807) is 4.90 Å². The zero-order chi connectivity index (χ0) is 19.6. The minimum atomic E-state index is -4.49. The lowest BCUT2D eigenvalue weighted by Crippen LogP contribution is -2.37. The number of amides is 2. The van der Waals surface area contributed by atoms with Crippen LogP contribution in [-0.2, 0) is 15.8 Å². The Balaban J connectivity index is 1.80. The van der Waals surface area contributed by atoms with Crippen LogP contribution in [0.2, 0.25) is 0 Å². The van der Waals surface area contributed by atoms with Gasteiger partial charge in [0.2, 0.25) is 11.8 Å². The second-order valence-corrected chi connectivity index (χ2v) is 6.37. The number of para-hydroxylation sites is 1. The van der Waals surface area contributed by atoms with Crippen molar-refractivity contribution in [2.24, 2.45) is 5.92 Å². The van der Waals surface area contributed by atoms with Crippen LogP contribution in [0.4, 0.5) is 24.5 Å². The molecule has 1 fully saturated rings. The highest BCUT2D eigenvalue weighted by atomic mass is 19.4. The van der Waals surface area contributed by atoms with Crippen molar-refractivity contribution in [1.29, 1.82) is 0 Å². The standard InChI is InChI=1S/C20H19F3N2O2/c1-2-24(16-8-4-3-5-9-16)19(27)14-11-18(26)25(13-14)17-10-6-7-15(12-17)20(21,22)23/h3-10,12,14H,2,11,13H2,1H3. The number of carbonyl (C=O) groups excluding carboxylic acids is 2. The van der Waals surface area contributed by atoms with Gasteiger partial charge in [-0.2, -0.15) is 13.2 Å². The predicted molar refractivity (Wildman–Crippen MR) is 96.4 cm³/mol. The topological polar surface area (TPSA) is 40.6 Å². The number of hydrogen-bond donors (Lipinski definition) is 0. The summed E-state index contributed by atoms with van der Waals surface area (Å²) in [5.41, 5.74) is 0.0740. The summed E-state index contributed by atoms with van der Waals surface area (Å²) in [5.74, 6) is -1.14. The highest BCUT2D eigenvalue weighted by Crippen LogP contribution is 2.34. The van der Waals surface area contributed by atoms with Crippen LogP contribution in [-0.4, -0.2) is 24.9 Å². The van der Waals surface area contributed by atoms with Crippen LogP contribution in [0.1, 0.15) is 18.9 Å². The van der Waals surface area contributed by atoms with Gasteiger partial charge in [-0.25, -0.2) is 0 Å². The van der Waals surface area contributed by atoms with Gasteiger partial charge in [-0.15, -0.1) is 0 Å². The van der Waals surface area contributed by atoms with E-state index >= 15 is 0 Å². The monoisotopic (exact) mass is 376 g/mol. The molecule has 1 unspecified atom stereocenters. The summed E-state index contributed by atoms with van der Waals surface area (Å²) in [6.07, 6.45) is -4.50. The van der Waals surface area contributed by atoms with Crippen LogP contribution in [0.15, 0.2) is 54.6 Å². The molecule has 4 nitrogen and oxygen atoms in total. The van der Waals surface area contributed by atoms with Crippen LogP contribution in [0.25, 0.3) is 0 Å². The molecule has 1 heterocycles. The smallest absolute Gasteiger partial charge is 0.312 e. The summed E-state index contributed by atoms with van der Waals surface area (Å²) >= 11 is 0. The maximum Gasteiger partial charge on any atom is 0.416 e. The van der Waals surface area contributed by atoms with Crippen molar-refractivity contribution in [3.63, 3.8) is 0 Å². The van der Waals surface area contributed by atoms with Gasteiger partial charge in [0.15, 0.2) is 0 Å². The van der Waals surface area contributed by atoms with Crippen molar-refractivity contribution in [3.8, 4) is 0 Å². The van der Waals surface area contributed by atoms with E-state index in [1.165, 1.54) is 17.0 Å². The minimum absolute atomic E-state index is 0.0155. The van der Waals surface area contributed by atoms with Gasteiger partial charge in [0.05, 0.1) is 11.5 Å². The van der Waals surface area contributed by atoms with Gasteiger partial charge in [-0.3, -0.25) is 9.59 Å². The zero-order valence-corrected chi connectivity index (χ0v) is 14.7. The fourth-order valence-electron chi connectivity index (χ4n) is 3.27. The molecule has 142 valence electrons. The second-order valence-electron chi connectivity index (χ2n) is 6.37. The third-order valence-corrected chi connectivity index (χ3v) is 4.61. The molecule has 3 rings (SSSR count). The molecule has 1 atom stereocenters. The molecular formula is C20H19F3N2O2. The molecule has 0 aromatic heterocycles. The molecule has 1 saturated heterocycles. The molecule has 1 aliphatic rings. The molecule has 2 aromatic carbocycles. The van der Waals surface area contributed by atoms with Crippen molar-refractivity contribution in [1.82, 2.24) is 0 Å². The van der Waals surface area contributed by atoms with E-state index < -0.39 is 17.7 Å². The lowest BCUT2D eigenvalue weighted by molar-refractivity contribution is -0.137. The number of hydrogen-bond acceptors (Lipinski definition) is 2. The number of benzene rings is 2. The maximum atomic E-state index is 12.9. The number of anilines is 2. The van der Waals surface area contributed by atoms with Crippen LogP contribution >= 0.6 is 0 Å². The molecule has 7 heteroatoms. The second kappa shape index (κ2) is 7.42. The van der Waals surface area contributed by atoms with Gasteiger partial charge in [0.25, 0.3) is 0 Å². The quantitative estimate of drug-likeness (QED) is 0.806. The summed E-state index contributed by atoms with van der Waals surface area (Å²) < 4.78 is 38.8. The highest BCUT2D eigenvalue weighted by Gasteiger charge is 2.38. The first-order chi connectivity index (χ1) is 12.8. The van der Waals surface area contributed by atoms with Crippen LogP contribution in [0.3, 0.4) is 0 Å². The molecule has 2 amide bonds. The van der Waals surface area contributed by atoms with E-state index in [0.717, 1.165) is 17.8 Å². The van der Waals surface area contributed by atoms with Gasteiger partial charge in [-0.1, -0.05) is 24.3 Å². The SMILES string of the molecule is CCN(C(=O)C1CC(=O)N(c2cccc(C(F)(F)F)c2)C1)c1ccccc1. The van der Waals surface area contributed by atoms with Gasteiger partial charge in [0, 0.05) is 30.9 Å². The zero-order valence-electron chi connectivity index (χ0n) is 14.7. The number of alkyl halides is 3. The summed E-state index contributed by atoms with van der Waals surface area (Å²) in [7, 11) is 0. The summed E-state index contributed by atoms with van der Waals surface area (Å²) in [6.45, 7) is 2.35. The first-order valence-electron chi connectivity index (χ1n) is 8.65. The number of carbonyl (C=O) groups is 2. The first-order valence-corrected chi connectivity index (χ1v) is 8.65. The predicted octanol–water partition coefficient (Wildman–Crippen LogP) is 4.11. The van der Waals surface area contributed by atoms with Crippen LogP contribution < -0.4 is 9.80 Å². The van der Waals surface area contributed by atoms with Gasteiger partial charge < -0.3 is 9.80 Å². The average molecular weight is 376 g/mol. The highest BCUT2D eigenvalue weighted by molar-refractivity contribution is 6.04. The Labute approximate surface area is 155 Å². The summed E-state index contributed by atoms with van der Waals surface area (Å²) in [4.78, 5) is 28.1. The lowest BCUT2D eigenvalue weighted by Gasteiger charge is -2.24. The molecule has 1 aliphatic heterocycles. The molecule has 27 heavy (non-hydrogen) atoms. The molecule has 0 N–H and O–H groups in total. The van der Waals surface area contributed by atoms with E-state index in [2.05, 4.69) is 0 Å². The summed E-state index contributed by atoms with van der Waals surface area (Å²) in [5, 5.41) is 0. The van der Waals surface area contributed by atoms with Gasteiger partial charge in [-0.05, 0) is 37.3 Å². The van der Waals surface area contributed by atoms with E-state index in [1.807, 2.05) is 37.3 Å². The van der Waals surface area contributed by atoms with Gasteiger partial charge in [0.1, 0.15) is 0 Å². The molecule has 0 aliphatic carbocycles. The van der Waals surface area contributed by atoms with Crippen molar-refractivity contribution in [2.45, 2.75) is 19.5 Å².